The fourth-order valence-corrected chi connectivity index (χ4v) is 7.88. The Balaban J connectivity index is 1.61. The van der Waals surface area contributed by atoms with Crippen molar-refractivity contribution >= 4 is 96.3 Å². The van der Waals surface area contributed by atoms with Gasteiger partial charge in [0.25, 0.3) is 0 Å². The molecule has 0 radical (unpaired) electrons. The van der Waals surface area contributed by atoms with Crippen molar-refractivity contribution in [2.24, 2.45) is 0 Å². The molecule has 9 heteroatoms. The highest BCUT2D eigenvalue weighted by Gasteiger charge is 2.27. The van der Waals surface area contributed by atoms with Crippen LogP contribution in [0.2, 0.25) is 0 Å². The Morgan fingerprint density at radius 3 is 1.66 bits per heavy atom. The van der Waals surface area contributed by atoms with Gasteiger partial charge in [0.1, 0.15) is 17.5 Å². The van der Waals surface area contributed by atoms with Crippen LogP contribution in [0.25, 0.3) is 0 Å². The highest BCUT2D eigenvalue weighted by atomic mass is 127. The van der Waals surface area contributed by atoms with E-state index in [4.69, 9.17) is 4.74 Å². The summed E-state index contributed by atoms with van der Waals surface area (Å²) in [6.45, 7) is 1.06. The fourth-order valence-electron chi connectivity index (χ4n) is 4.05. The summed E-state index contributed by atoms with van der Waals surface area (Å²) in [4.78, 5) is 14.6. The van der Waals surface area contributed by atoms with Crippen LogP contribution in [0.4, 0.5) is 0 Å². The number of phenols is 1. The molecule has 0 aliphatic carbocycles. The Morgan fingerprint density at radius 1 is 0.737 bits per heavy atom. The van der Waals surface area contributed by atoms with Crippen LogP contribution in [-0.2, 0) is 24.3 Å². The number of aliphatic carboxylic acids is 1. The number of nitrogens with zero attached hydrogens (tertiary/aromatic N) is 1. The van der Waals surface area contributed by atoms with E-state index in [1.165, 1.54) is 0 Å². The number of rotatable bonds is 10. The normalized spacial score (nSPS) is 11.9. The van der Waals surface area contributed by atoms with Crippen molar-refractivity contribution in [1.82, 2.24) is 4.90 Å². The molecule has 0 bridgehead atoms. The largest absolute Gasteiger partial charge is 0.506 e. The first-order valence-electron chi connectivity index (χ1n) is 11.6. The van der Waals surface area contributed by atoms with Gasteiger partial charge in [-0.25, -0.2) is 0 Å². The molecule has 0 amide bonds. The average molecular weight is 957 g/mol. The third-order valence-corrected chi connectivity index (χ3v) is 9.13. The van der Waals surface area contributed by atoms with Crippen LogP contribution in [0.15, 0.2) is 84.9 Å². The SMILES string of the molecule is O=C(O)[C@H](Cc1cc(I)c(Oc2cc(I)c(O)c(I)c2)c(I)c1)N(Cc1ccccc1)Cc1ccccc1. The van der Waals surface area contributed by atoms with Gasteiger partial charge < -0.3 is 14.9 Å². The van der Waals surface area contributed by atoms with Gasteiger partial charge in [-0.3, -0.25) is 9.69 Å². The smallest absolute Gasteiger partial charge is 0.321 e. The molecular formula is C29H23I4NO4. The number of halogens is 4. The van der Waals surface area contributed by atoms with Crippen molar-refractivity contribution in [2.45, 2.75) is 25.6 Å². The summed E-state index contributed by atoms with van der Waals surface area (Å²) >= 11 is 8.64. The monoisotopic (exact) mass is 957 g/mol. The third-order valence-electron chi connectivity index (χ3n) is 5.88. The molecule has 4 aromatic carbocycles. The summed E-state index contributed by atoms with van der Waals surface area (Å²) in [5.74, 6) is 0.744. The van der Waals surface area contributed by atoms with Crippen molar-refractivity contribution in [3.63, 3.8) is 0 Å². The Hall–Kier alpha value is -1.17. The minimum absolute atomic E-state index is 0.244. The zero-order valence-electron chi connectivity index (χ0n) is 20.0. The molecule has 0 saturated heterocycles. The number of hydrogen-bond acceptors (Lipinski definition) is 4. The minimum Gasteiger partial charge on any atom is -0.506 e. The van der Waals surface area contributed by atoms with E-state index in [1.807, 2.05) is 77.7 Å². The van der Waals surface area contributed by atoms with Gasteiger partial charge in [-0.2, -0.15) is 0 Å². The van der Waals surface area contributed by atoms with Gasteiger partial charge in [0, 0.05) is 13.1 Å². The molecule has 4 aromatic rings. The first kappa shape index (κ1) is 29.8. The van der Waals surface area contributed by atoms with Crippen molar-refractivity contribution in [1.29, 1.82) is 0 Å². The Bertz CT molecular complexity index is 1330. The number of phenolic OH excluding ortho intramolecular Hbond substituents is 1. The maximum atomic E-state index is 12.6. The maximum absolute atomic E-state index is 12.6. The van der Waals surface area contributed by atoms with E-state index in [0.29, 0.717) is 38.1 Å². The Labute approximate surface area is 276 Å². The molecule has 0 saturated carbocycles. The van der Waals surface area contributed by atoms with Crippen LogP contribution in [-0.4, -0.2) is 27.1 Å². The second-order valence-corrected chi connectivity index (χ2v) is 13.3. The zero-order valence-corrected chi connectivity index (χ0v) is 28.6. The predicted octanol–water partition coefficient (Wildman–Crippen LogP) is 8.30. The first-order chi connectivity index (χ1) is 18.2. The summed E-state index contributed by atoms with van der Waals surface area (Å²) < 4.78 is 9.42. The first-order valence-corrected chi connectivity index (χ1v) is 15.9. The lowest BCUT2D eigenvalue weighted by atomic mass is 10.0. The number of carbonyl (C=O) groups is 1. The maximum Gasteiger partial charge on any atom is 0.321 e. The van der Waals surface area contributed by atoms with Gasteiger partial charge in [0.15, 0.2) is 5.75 Å². The van der Waals surface area contributed by atoms with Crippen LogP contribution >= 0.6 is 90.4 Å². The highest BCUT2D eigenvalue weighted by molar-refractivity contribution is 14.1. The number of benzene rings is 4. The van der Waals surface area contributed by atoms with Crippen molar-refractivity contribution in [3.05, 3.63) is 116 Å². The molecule has 0 aromatic heterocycles. The summed E-state index contributed by atoms with van der Waals surface area (Å²) in [5.41, 5.74) is 3.07. The second kappa shape index (κ2) is 13.9. The van der Waals surface area contributed by atoms with E-state index < -0.39 is 12.0 Å². The molecule has 0 spiro atoms. The molecule has 0 fully saturated rings. The molecule has 1 atom stereocenters. The second-order valence-electron chi connectivity index (χ2n) is 8.66. The zero-order chi connectivity index (χ0) is 27.2. The topological polar surface area (TPSA) is 70.0 Å². The van der Waals surface area contributed by atoms with E-state index in [2.05, 4.69) is 90.4 Å². The summed E-state index contributed by atoms with van der Waals surface area (Å²) in [6, 6.07) is 26.8. The Kier molecular flexibility index (Phi) is 10.9. The van der Waals surface area contributed by atoms with Gasteiger partial charge in [0.05, 0.1) is 14.3 Å². The lowest BCUT2D eigenvalue weighted by Crippen LogP contribution is -2.42. The molecule has 38 heavy (non-hydrogen) atoms. The lowest BCUT2D eigenvalue weighted by Gasteiger charge is -2.29. The molecule has 0 aliphatic heterocycles. The van der Waals surface area contributed by atoms with Crippen LogP contribution < -0.4 is 4.74 Å². The van der Waals surface area contributed by atoms with Crippen LogP contribution in [0.1, 0.15) is 16.7 Å². The summed E-state index contributed by atoms with van der Waals surface area (Å²) in [6.07, 6.45) is 0.357. The van der Waals surface area contributed by atoms with E-state index in [1.54, 1.807) is 12.1 Å². The molecule has 4 rings (SSSR count). The van der Waals surface area contributed by atoms with Gasteiger partial charge in [0.2, 0.25) is 0 Å². The van der Waals surface area contributed by atoms with Crippen LogP contribution in [0, 0.1) is 14.3 Å². The highest BCUT2D eigenvalue weighted by Crippen LogP contribution is 2.37. The molecule has 0 unspecified atom stereocenters. The number of ether oxygens (including phenoxy) is 1. The molecule has 0 aliphatic rings. The van der Waals surface area contributed by atoms with E-state index in [9.17, 15) is 15.0 Å². The van der Waals surface area contributed by atoms with Gasteiger partial charge in [-0.15, -0.1) is 0 Å². The fraction of sp³-hybridized carbons (Fsp3) is 0.138. The molecule has 2 N–H and O–H groups in total. The molecular weight excluding hydrogens is 934 g/mol. The third kappa shape index (κ3) is 7.95. The quantitative estimate of drug-likeness (QED) is 0.157. The molecule has 5 nitrogen and oxygen atoms in total. The number of carboxylic acids is 1. The number of hydrogen-bond donors (Lipinski definition) is 2. The van der Waals surface area contributed by atoms with Gasteiger partial charge >= 0.3 is 5.97 Å². The van der Waals surface area contributed by atoms with Gasteiger partial charge in [-0.1, -0.05) is 60.7 Å². The minimum atomic E-state index is -0.851. The summed E-state index contributed by atoms with van der Waals surface area (Å²) in [7, 11) is 0. The number of carboxylic acid groups (broad SMARTS) is 1. The predicted molar refractivity (Wildman–Crippen MR) is 183 cm³/mol. The van der Waals surface area contributed by atoms with E-state index >= 15 is 0 Å². The Morgan fingerprint density at radius 2 is 1.21 bits per heavy atom. The van der Waals surface area contributed by atoms with Crippen LogP contribution in [0.3, 0.4) is 0 Å². The van der Waals surface area contributed by atoms with Crippen molar-refractivity contribution in [2.75, 3.05) is 0 Å². The lowest BCUT2D eigenvalue weighted by molar-refractivity contribution is -0.143. The number of aromatic hydroxyl groups is 1. The van der Waals surface area contributed by atoms with Crippen molar-refractivity contribution < 1.29 is 19.7 Å². The van der Waals surface area contributed by atoms with Gasteiger partial charge in [-0.05, 0) is 138 Å². The average Bonchev–Trinajstić information content (AvgIpc) is 2.88. The molecule has 196 valence electrons. The summed E-state index contributed by atoms with van der Waals surface area (Å²) in [5, 5.41) is 20.4. The van der Waals surface area contributed by atoms with E-state index in [-0.39, 0.29) is 5.75 Å². The van der Waals surface area contributed by atoms with Crippen LogP contribution in [0.5, 0.6) is 17.2 Å². The van der Waals surface area contributed by atoms with E-state index in [0.717, 1.165) is 23.8 Å². The standard InChI is InChI=1S/C29H23I4NO4/c30-22-14-21(15-23(31)27(22)35)38-28-24(32)11-20(12-25(28)33)13-26(29(36)37)34(16-18-7-3-1-4-8-18)17-19-9-5-2-6-10-19/h1-12,14-15,26,35H,13,16-17H2,(H,36,37)/t26-/m0/s1. The molecule has 0 heterocycles. The van der Waals surface area contributed by atoms with Crippen molar-refractivity contribution in [3.8, 4) is 17.2 Å².